The Morgan fingerprint density at radius 2 is 2.05 bits per heavy atom. The number of hydrogen-bond donors (Lipinski definition) is 0. The summed E-state index contributed by atoms with van der Waals surface area (Å²) in [7, 11) is 0. The number of nitrogens with zero attached hydrogens (tertiary/aromatic N) is 2. The smallest absolute Gasteiger partial charge is 0.228 e. The second kappa shape index (κ2) is 5.59. The van der Waals surface area contributed by atoms with E-state index in [0.717, 1.165) is 28.8 Å². The molecular formula is C13H10F2N2O2S. The van der Waals surface area contributed by atoms with E-state index < -0.39 is 23.2 Å². The highest BCUT2D eigenvalue weighted by Crippen LogP contribution is 2.32. The molecule has 2 rings (SSSR count). The Labute approximate surface area is 118 Å². The van der Waals surface area contributed by atoms with E-state index in [-0.39, 0.29) is 28.9 Å². The van der Waals surface area contributed by atoms with Crippen LogP contribution >= 0.6 is 11.8 Å². The van der Waals surface area contributed by atoms with Gasteiger partial charge in [-0.1, -0.05) is 11.8 Å². The van der Waals surface area contributed by atoms with Crippen molar-refractivity contribution in [2.24, 2.45) is 0 Å². The summed E-state index contributed by atoms with van der Waals surface area (Å²) in [6.07, 6.45) is 0.0587. The predicted octanol–water partition coefficient (Wildman–Crippen LogP) is 2.22. The standard InChI is InChI=1S/C13H10F2N2O2S/c1-7(18)20-9-4-12(19)17(6-9)13-10(14)2-8(5-16)3-11(13)15/h2-3,9H,4,6H2,1H3. The fourth-order valence-corrected chi connectivity index (χ4v) is 3.01. The predicted molar refractivity (Wildman–Crippen MR) is 70.1 cm³/mol. The van der Waals surface area contributed by atoms with Gasteiger partial charge in [0.05, 0.1) is 11.6 Å². The molecule has 1 amide bonds. The van der Waals surface area contributed by atoms with Crippen LogP contribution in [0.2, 0.25) is 0 Å². The summed E-state index contributed by atoms with van der Waals surface area (Å²) in [5.41, 5.74) is -0.606. The molecule has 1 heterocycles. The van der Waals surface area contributed by atoms with Gasteiger partial charge < -0.3 is 4.90 Å². The van der Waals surface area contributed by atoms with Gasteiger partial charge in [0.25, 0.3) is 0 Å². The third-order valence-corrected chi connectivity index (χ3v) is 3.82. The van der Waals surface area contributed by atoms with Crippen LogP contribution in [0.4, 0.5) is 14.5 Å². The molecule has 0 spiro atoms. The number of carbonyl (C=O) groups excluding carboxylic acids is 2. The summed E-state index contributed by atoms with van der Waals surface area (Å²) in [6, 6.07) is 3.41. The molecule has 4 nitrogen and oxygen atoms in total. The lowest BCUT2D eigenvalue weighted by atomic mass is 10.2. The zero-order valence-electron chi connectivity index (χ0n) is 10.5. The minimum absolute atomic E-state index is 0.0587. The lowest BCUT2D eigenvalue weighted by molar-refractivity contribution is -0.117. The molecule has 1 aliphatic heterocycles. The van der Waals surface area contributed by atoms with Crippen LogP contribution in [0, 0.1) is 23.0 Å². The van der Waals surface area contributed by atoms with Crippen LogP contribution in [0.3, 0.4) is 0 Å². The van der Waals surface area contributed by atoms with Crippen molar-refractivity contribution in [2.75, 3.05) is 11.4 Å². The van der Waals surface area contributed by atoms with Crippen LogP contribution in [0.1, 0.15) is 18.9 Å². The Balaban J connectivity index is 2.31. The Hall–Kier alpha value is -1.94. The highest BCUT2D eigenvalue weighted by molar-refractivity contribution is 8.14. The number of nitriles is 1. The summed E-state index contributed by atoms with van der Waals surface area (Å²) in [4.78, 5) is 23.8. The Bertz CT molecular complexity index is 604. The lowest BCUT2D eigenvalue weighted by Crippen LogP contribution is -2.27. The number of carbonyl (C=O) groups is 2. The zero-order chi connectivity index (χ0) is 14.9. The Morgan fingerprint density at radius 1 is 1.45 bits per heavy atom. The molecule has 1 atom stereocenters. The zero-order valence-corrected chi connectivity index (χ0v) is 11.3. The average molecular weight is 296 g/mol. The normalized spacial score (nSPS) is 18.2. The SMILES string of the molecule is CC(=O)SC1CC(=O)N(c2c(F)cc(C#N)cc2F)C1. The molecule has 1 unspecified atom stereocenters. The molecule has 1 aliphatic rings. The van der Waals surface area contributed by atoms with Gasteiger partial charge in [-0.2, -0.15) is 5.26 Å². The number of rotatable bonds is 2. The monoisotopic (exact) mass is 296 g/mol. The summed E-state index contributed by atoms with van der Waals surface area (Å²) in [5.74, 6) is -2.35. The van der Waals surface area contributed by atoms with E-state index in [4.69, 9.17) is 5.26 Å². The van der Waals surface area contributed by atoms with E-state index in [1.807, 2.05) is 0 Å². The van der Waals surface area contributed by atoms with Gasteiger partial charge in [-0.3, -0.25) is 9.59 Å². The molecule has 1 saturated heterocycles. The molecule has 1 fully saturated rings. The fraction of sp³-hybridized carbons (Fsp3) is 0.308. The maximum atomic E-state index is 13.9. The largest absolute Gasteiger partial charge is 0.306 e. The van der Waals surface area contributed by atoms with Gasteiger partial charge in [0.1, 0.15) is 5.69 Å². The van der Waals surface area contributed by atoms with Gasteiger partial charge in [-0.25, -0.2) is 8.78 Å². The van der Waals surface area contributed by atoms with Crippen LogP contribution in [0.15, 0.2) is 12.1 Å². The third-order valence-electron chi connectivity index (χ3n) is 2.84. The van der Waals surface area contributed by atoms with Crippen molar-refractivity contribution in [1.82, 2.24) is 0 Å². The van der Waals surface area contributed by atoms with E-state index in [1.165, 1.54) is 6.92 Å². The second-order valence-corrected chi connectivity index (χ2v) is 5.82. The first-order chi connectivity index (χ1) is 9.42. The molecule has 20 heavy (non-hydrogen) atoms. The number of anilines is 1. The van der Waals surface area contributed by atoms with Gasteiger partial charge in [0.15, 0.2) is 16.7 Å². The van der Waals surface area contributed by atoms with Gasteiger partial charge in [-0.05, 0) is 12.1 Å². The first-order valence-electron chi connectivity index (χ1n) is 5.79. The van der Waals surface area contributed by atoms with Crippen LogP contribution in [-0.2, 0) is 9.59 Å². The minimum atomic E-state index is -0.955. The van der Waals surface area contributed by atoms with Crippen molar-refractivity contribution in [3.63, 3.8) is 0 Å². The molecule has 104 valence electrons. The highest BCUT2D eigenvalue weighted by atomic mass is 32.2. The molecule has 0 aromatic heterocycles. The van der Waals surface area contributed by atoms with E-state index in [0.29, 0.717) is 0 Å². The van der Waals surface area contributed by atoms with Crippen molar-refractivity contribution in [3.8, 4) is 6.07 Å². The van der Waals surface area contributed by atoms with Crippen LogP contribution in [0.25, 0.3) is 0 Å². The molecule has 1 aromatic rings. The van der Waals surface area contributed by atoms with Gasteiger partial charge in [0.2, 0.25) is 5.91 Å². The summed E-state index contributed by atoms with van der Waals surface area (Å²) < 4.78 is 27.7. The maximum absolute atomic E-state index is 13.9. The van der Waals surface area contributed by atoms with Crippen molar-refractivity contribution in [3.05, 3.63) is 29.3 Å². The maximum Gasteiger partial charge on any atom is 0.228 e. The van der Waals surface area contributed by atoms with Gasteiger partial charge in [0, 0.05) is 25.1 Å². The Kier molecular flexibility index (Phi) is 4.04. The molecule has 0 N–H and O–H groups in total. The third kappa shape index (κ3) is 2.80. The second-order valence-electron chi connectivity index (χ2n) is 4.34. The van der Waals surface area contributed by atoms with Crippen molar-refractivity contribution < 1.29 is 18.4 Å². The lowest BCUT2D eigenvalue weighted by Gasteiger charge is -2.18. The molecule has 0 saturated carbocycles. The molecular weight excluding hydrogens is 286 g/mol. The van der Waals surface area contributed by atoms with E-state index >= 15 is 0 Å². The number of amides is 1. The van der Waals surface area contributed by atoms with E-state index in [2.05, 4.69) is 0 Å². The van der Waals surface area contributed by atoms with Crippen LogP contribution < -0.4 is 4.90 Å². The minimum Gasteiger partial charge on any atom is -0.306 e. The fourth-order valence-electron chi connectivity index (χ4n) is 2.09. The van der Waals surface area contributed by atoms with E-state index in [9.17, 15) is 18.4 Å². The molecule has 0 radical (unpaired) electrons. The average Bonchev–Trinajstić information content (AvgIpc) is 2.68. The van der Waals surface area contributed by atoms with Crippen molar-refractivity contribution in [1.29, 1.82) is 5.26 Å². The molecule has 1 aromatic carbocycles. The van der Waals surface area contributed by atoms with Gasteiger partial charge >= 0.3 is 0 Å². The van der Waals surface area contributed by atoms with Gasteiger partial charge in [-0.15, -0.1) is 0 Å². The van der Waals surface area contributed by atoms with Crippen LogP contribution in [0.5, 0.6) is 0 Å². The van der Waals surface area contributed by atoms with Crippen molar-refractivity contribution in [2.45, 2.75) is 18.6 Å². The van der Waals surface area contributed by atoms with Crippen LogP contribution in [-0.4, -0.2) is 22.8 Å². The number of thioether (sulfide) groups is 1. The van der Waals surface area contributed by atoms with Crippen molar-refractivity contribution >= 4 is 28.5 Å². The molecule has 7 heteroatoms. The molecule has 0 bridgehead atoms. The summed E-state index contributed by atoms with van der Waals surface area (Å²) >= 11 is 0.985. The topological polar surface area (TPSA) is 61.2 Å². The first kappa shape index (κ1) is 14.5. The Morgan fingerprint density at radius 3 is 2.55 bits per heavy atom. The number of halogens is 2. The number of benzene rings is 1. The summed E-state index contributed by atoms with van der Waals surface area (Å²) in [5, 5.41) is 8.17. The first-order valence-corrected chi connectivity index (χ1v) is 6.67. The molecule has 0 aliphatic carbocycles. The quantitative estimate of drug-likeness (QED) is 0.839. The highest BCUT2D eigenvalue weighted by Gasteiger charge is 2.35. The summed E-state index contributed by atoms with van der Waals surface area (Å²) in [6.45, 7) is 1.45. The number of hydrogen-bond acceptors (Lipinski definition) is 4. The van der Waals surface area contributed by atoms with E-state index in [1.54, 1.807) is 6.07 Å².